The van der Waals surface area contributed by atoms with Crippen LogP contribution in [0.15, 0.2) is 18.2 Å². The number of carboxylic acid groups (broad SMARTS) is 1. The molecule has 2 aromatic rings. The van der Waals surface area contributed by atoms with Crippen LogP contribution < -0.4 is 0 Å². The number of fused-ring (bicyclic) bond motifs is 1. The normalized spacial score (nSPS) is 11.1. The summed E-state index contributed by atoms with van der Waals surface area (Å²) in [7, 11) is 0. The van der Waals surface area contributed by atoms with Crippen LogP contribution in [0.25, 0.3) is 10.9 Å². The molecule has 0 atom stereocenters. The molecule has 18 heavy (non-hydrogen) atoms. The van der Waals surface area contributed by atoms with E-state index in [0.717, 1.165) is 41.5 Å². The Morgan fingerprint density at radius 3 is 2.61 bits per heavy atom. The monoisotopic (exact) mass is 245 g/mol. The molecule has 0 aliphatic carbocycles. The number of rotatable bonds is 4. The average Bonchev–Trinajstić information content (AvgIpc) is 2.60. The van der Waals surface area contributed by atoms with Crippen molar-refractivity contribution >= 4 is 16.9 Å². The molecule has 1 aromatic carbocycles. The average molecular weight is 245 g/mol. The molecule has 1 aromatic heterocycles. The Balaban J connectivity index is 2.69. The van der Waals surface area contributed by atoms with E-state index in [4.69, 9.17) is 0 Å². The highest BCUT2D eigenvalue weighted by Crippen LogP contribution is 2.25. The highest BCUT2D eigenvalue weighted by Gasteiger charge is 2.15. The van der Waals surface area contributed by atoms with Gasteiger partial charge in [0, 0.05) is 17.6 Å². The van der Waals surface area contributed by atoms with Crippen LogP contribution in [0, 0.1) is 13.8 Å². The Bertz CT molecular complexity index is 596. The van der Waals surface area contributed by atoms with Crippen LogP contribution in [-0.2, 0) is 6.54 Å². The molecular formula is C15H19NO2. The summed E-state index contributed by atoms with van der Waals surface area (Å²) in [6, 6.07) is 5.88. The van der Waals surface area contributed by atoms with Gasteiger partial charge in [0.15, 0.2) is 0 Å². The molecule has 1 heterocycles. The van der Waals surface area contributed by atoms with E-state index in [9.17, 15) is 9.90 Å². The Kier molecular flexibility index (Phi) is 3.41. The van der Waals surface area contributed by atoms with Gasteiger partial charge in [0.2, 0.25) is 0 Å². The van der Waals surface area contributed by atoms with E-state index in [1.807, 2.05) is 13.8 Å². The van der Waals surface area contributed by atoms with Crippen LogP contribution in [0.5, 0.6) is 0 Å². The van der Waals surface area contributed by atoms with E-state index in [1.165, 1.54) is 0 Å². The number of aromatic nitrogens is 1. The van der Waals surface area contributed by atoms with Crippen molar-refractivity contribution in [2.75, 3.05) is 0 Å². The van der Waals surface area contributed by atoms with Crippen LogP contribution in [0.3, 0.4) is 0 Å². The van der Waals surface area contributed by atoms with Crippen LogP contribution >= 0.6 is 0 Å². The second-order valence-corrected chi connectivity index (χ2v) is 4.85. The third-order valence-electron chi connectivity index (χ3n) is 3.31. The molecule has 0 aliphatic rings. The van der Waals surface area contributed by atoms with Gasteiger partial charge in [0.1, 0.15) is 0 Å². The highest BCUT2D eigenvalue weighted by atomic mass is 16.4. The van der Waals surface area contributed by atoms with Gasteiger partial charge < -0.3 is 9.67 Å². The summed E-state index contributed by atoms with van der Waals surface area (Å²) in [5.74, 6) is -0.848. The number of aryl methyl sites for hydroxylation is 3. The van der Waals surface area contributed by atoms with Crippen molar-refractivity contribution in [2.45, 2.75) is 40.2 Å². The van der Waals surface area contributed by atoms with E-state index >= 15 is 0 Å². The second-order valence-electron chi connectivity index (χ2n) is 4.85. The molecule has 3 nitrogen and oxygen atoms in total. The zero-order valence-electron chi connectivity index (χ0n) is 11.2. The molecule has 0 saturated carbocycles. The summed E-state index contributed by atoms with van der Waals surface area (Å²) in [4.78, 5) is 11.4. The van der Waals surface area contributed by atoms with Gasteiger partial charge in [-0.1, -0.05) is 13.3 Å². The van der Waals surface area contributed by atoms with Gasteiger partial charge in [-0.25, -0.2) is 4.79 Å². The Morgan fingerprint density at radius 2 is 2.00 bits per heavy atom. The number of nitrogens with zero attached hydrogens (tertiary/aromatic N) is 1. The molecule has 0 saturated heterocycles. The number of aromatic carboxylic acids is 1. The lowest BCUT2D eigenvalue weighted by atomic mass is 10.1. The smallest absolute Gasteiger partial charge is 0.337 e. The van der Waals surface area contributed by atoms with Crippen molar-refractivity contribution in [3.8, 4) is 0 Å². The first kappa shape index (κ1) is 12.7. The first-order valence-corrected chi connectivity index (χ1v) is 6.38. The van der Waals surface area contributed by atoms with Gasteiger partial charge in [-0.15, -0.1) is 0 Å². The maximum atomic E-state index is 11.4. The number of hydrogen-bond acceptors (Lipinski definition) is 1. The lowest BCUT2D eigenvalue weighted by molar-refractivity contribution is 0.0698. The number of hydrogen-bond donors (Lipinski definition) is 1. The maximum absolute atomic E-state index is 11.4. The molecule has 2 rings (SSSR count). The summed E-state index contributed by atoms with van der Waals surface area (Å²) in [5, 5.41) is 10.4. The lowest BCUT2D eigenvalue weighted by Gasteiger charge is -2.10. The van der Waals surface area contributed by atoms with Gasteiger partial charge in [-0.3, -0.25) is 0 Å². The Morgan fingerprint density at radius 1 is 1.28 bits per heavy atom. The molecule has 0 spiro atoms. The van der Waals surface area contributed by atoms with Crippen molar-refractivity contribution in [1.29, 1.82) is 0 Å². The molecule has 0 aliphatic heterocycles. The molecule has 0 unspecified atom stereocenters. The van der Waals surface area contributed by atoms with Gasteiger partial charge in [0.25, 0.3) is 0 Å². The van der Waals surface area contributed by atoms with Crippen molar-refractivity contribution in [1.82, 2.24) is 4.57 Å². The van der Waals surface area contributed by atoms with Crippen molar-refractivity contribution in [2.24, 2.45) is 0 Å². The Labute approximate surface area is 107 Å². The third kappa shape index (κ3) is 2.13. The predicted molar refractivity (Wildman–Crippen MR) is 73.3 cm³/mol. The van der Waals surface area contributed by atoms with E-state index < -0.39 is 5.97 Å². The summed E-state index contributed by atoms with van der Waals surface area (Å²) in [6.07, 6.45) is 2.17. The predicted octanol–water partition coefficient (Wildman–Crippen LogP) is 3.76. The van der Waals surface area contributed by atoms with Gasteiger partial charge in [-0.2, -0.15) is 0 Å². The lowest BCUT2D eigenvalue weighted by Crippen LogP contribution is -2.05. The molecular weight excluding hydrogens is 226 g/mol. The van der Waals surface area contributed by atoms with Crippen LogP contribution in [-0.4, -0.2) is 15.6 Å². The van der Waals surface area contributed by atoms with Crippen LogP contribution in [0.4, 0.5) is 0 Å². The molecule has 3 heteroatoms. The van der Waals surface area contributed by atoms with Crippen molar-refractivity contribution in [3.05, 3.63) is 35.0 Å². The van der Waals surface area contributed by atoms with Crippen molar-refractivity contribution in [3.63, 3.8) is 0 Å². The van der Waals surface area contributed by atoms with E-state index in [1.54, 1.807) is 6.07 Å². The van der Waals surface area contributed by atoms with Crippen LogP contribution in [0.2, 0.25) is 0 Å². The zero-order valence-corrected chi connectivity index (χ0v) is 11.2. The maximum Gasteiger partial charge on any atom is 0.337 e. The minimum atomic E-state index is -0.848. The molecule has 0 radical (unpaired) electrons. The van der Waals surface area contributed by atoms with Gasteiger partial charge in [0.05, 0.1) is 11.1 Å². The molecule has 0 fully saturated rings. The first-order chi connectivity index (χ1) is 8.54. The summed E-state index contributed by atoms with van der Waals surface area (Å²) in [5.41, 5.74) is 3.40. The standard InChI is InChI=1S/C15H19NO2/c1-4-5-6-16-11(3)9-12-7-10(2)8-13(14(12)16)15(17)18/h7-9H,4-6H2,1-3H3,(H,17,18). The second kappa shape index (κ2) is 4.84. The molecule has 1 N–H and O–H groups in total. The molecule has 96 valence electrons. The number of benzene rings is 1. The van der Waals surface area contributed by atoms with Gasteiger partial charge in [-0.05, 0) is 44.0 Å². The summed E-state index contributed by atoms with van der Waals surface area (Å²) in [6.45, 7) is 7.00. The summed E-state index contributed by atoms with van der Waals surface area (Å²) < 4.78 is 2.13. The summed E-state index contributed by atoms with van der Waals surface area (Å²) >= 11 is 0. The minimum Gasteiger partial charge on any atom is -0.478 e. The molecule has 0 amide bonds. The van der Waals surface area contributed by atoms with E-state index in [0.29, 0.717) is 5.56 Å². The van der Waals surface area contributed by atoms with Crippen molar-refractivity contribution < 1.29 is 9.90 Å². The minimum absolute atomic E-state index is 0.411. The molecule has 0 bridgehead atoms. The fourth-order valence-electron chi connectivity index (χ4n) is 2.46. The first-order valence-electron chi connectivity index (χ1n) is 6.38. The number of unbranched alkanes of at least 4 members (excludes halogenated alkanes) is 1. The Hall–Kier alpha value is -1.77. The van der Waals surface area contributed by atoms with Gasteiger partial charge >= 0.3 is 5.97 Å². The zero-order chi connectivity index (χ0) is 13.3. The largest absolute Gasteiger partial charge is 0.478 e. The van der Waals surface area contributed by atoms with E-state index in [2.05, 4.69) is 23.6 Å². The fraction of sp³-hybridized carbons (Fsp3) is 0.400. The van der Waals surface area contributed by atoms with E-state index in [-0.39, 0.29) is 0 Å². The fourth-order valence-corrected chi connectivity index (χ4v) is 2.46. The topological polar surface area (TPSA) is 42.2 Å². The van der Waals surface area contributed by atoms with Crippen LogP contribution in [0.1, 0.15) is 41.4 Å². The number of carbonyl (C=O) groups is 1. The number of carboxylic acids is 1. The SMILES string of the molecule is CCCCn1c(C)cc2cc(C)cc(C(=O)O)c21. The highest BCUT2D eigenvalue weighted by molar-refractivity contribution is 6.03. The third-order valence-corrected chi connectivity index (χ3v) is 3.31. The quantitative estimate of drug-likeness (QED) is 0.891.